The van der Waals surface area contributed by atoms with Crippen molar-refractivity contribution < 1.29 is 29.3 Å². The van der Waals surface area contributed by atoms with Crippen LogP contribution < -0.4 is 0 Å². The molecule has 1 aromatic heterocycles. The minimum atomic E-state index is -1.23. The second-order valence-electron chi connectivity index (χ2n) is 10.7. The number of ketones is 1. The second kappa shape index (κ2) is 11.5. The van der Waals surface area contributed by atoms with E-state index in [1.165, 1.54) is 0 Å². The molecular formula is C26H38BrNO6S. The lowest BCUT2D eigenvalue weighted by molar-refractivity contribution is -0.154. The van der Waals surface area contributed by atoms with Gasteiger partial charge in [0.05, 0.1) is 50.7 Å². The number of carbonyl (C=O) groups is 2. The number of ether oxygens (including phenoxy) is 2. The van der Waals surface area contributed by atoms with E-state index in [9.17, 15) is 19.8 Å². The number of thiazole rings is 1. The highest BCUT2D eigenvalue weighted by Gasteiger charge is 2.44. The maximum absolute atomic E-state index is 13.2. The van der Waals surface area contributed by atoms with Gasteiger partial charge in [0.2, 0.25) is 0 Å². The van der Waals surface area contributed by atoms with E-state index < -0.39 is 35.6 Å². The van der Waals surface area contributed by atoms with E-state index in [1.54, 1.807) is 32.1 Å². The zero-order valence-corrected chi connectivity index (χ0v) is 23.8. The van der Waals surface area contributed by atoms with E-state index >= 15 is 0 Å². The van der Waals surface area contributed by atoms with Crippen LogP contribution in [0.1, 0.15) is 77.4 Å². The number of aliphatic hydroxyl groups excluding tert-OH is 2. The number of aryl methyl sites for hydroxylation is 1. The van der Waals surface area contributed by atoms with Crippen LogP contribution in [-0.2, 0) is 19.1 Å². The van der Waals surface area contributed by atoms with E-state index in [0.29, 0.717) is 6.42 Å². The van der Waals surface area contributed by atoms with E-state index in [2.05, 4.69) is 20.9 Å². The summed E-state index contributed by atoms with van der Waals surface area (Å²) < 4.78 is 12.6. The monoisotopic (exact) mass is 571 g/mol. The van der Waals surface area contributed by atoms with Gasteiger partial charge in [0, 0.05) is 12.3 Å². The van der Waals surface area contributed by atoms with Crippen molar-refractivity contribution in [2.45, 2.75) is 104 Å². The molecule has 0 radical (unpaired) electrons. The molecule has 3 heterocycles. The minimum Gasteiger partial charge on any atom is -0.458 e. The molecule has 196 valence electrons. The summed E-state index contributed by atoms with van der Waals surface area (Å²) in [5.41, 5.74) is 0.425. The van der Waals surface area contributed by atoms with E-state index in [0.717, 1.165) is 39.3 Å². The summed E-state index contributed by atoms with van der Waals surface area (Å²) in [6.07, 6.45) is 2.16. The van der Waals surface area contributed by atoms with Gasteiger partial charge in [-0.3, -0.25) is 9.59 Å². The molecule has 2 aliphatic rings. The van der Waals surface area contributed by atoms with Crippen molar-refractivity contribution in [3.8, 4) is 0 Å². The van der Waals surface area contributed by atoms with Crippen molar-refractivity contribution >= 4 is 45.1 Å². The maximum Gasteiger partial charge on any atom is 0.309 e. The second-order valence-corrected chi connectivity index (χ2v) is 13.2. The summed E-state index contributed by atoms with van der Waals surface area (Å²) in [5.74, 6) is -1.54. The molecule has 2 N–H and O–H groups in total. The SMILES string of the molecule is CC(=Cc1nc(C)sc1Br)C1CC2OC2CCCC(C)C(O)C(C)C(=O)C(C)(C)C(O)CC(=O)O1. The molecule has 1 aromatic rings. The van der Waals surface area contributed by atoms with Crippen LogP contribution in [0.5, 0.6) is 0 Å². The van der Waals surface area contributed by atoms with Gasteiger partial charge >= 0.3 is 5.97 Å². The van der Waals surface area contributed by atoms with Gasteiger partial charge in [0.1, 0.15) is 11.9 Å². The molecule has 7 atom stereocenters. The predicted molar refractivity (Wildman–Crippen MR) is 139 cm³/mol. The number of cyclic esters (lactones) is 1. The third-order valence-electron chi connectivity index (χ3n) is 7.48. The molecule has 9 heteroatoms. The van der Waals surface area contributed by atoms with E-state index in [1.807, 2.05) is 26.8 Å². The van der Waals surface area contributed by atoms with Gasteiger partial charge in [-0.05, 0) is 60.2 Å². The summed E-state index contributed by atoms with van der Waals surface area (Å²) in [4.78, 5) is 30.6. The molecule has 7 nitrogen and oxygen atoms in total. The molecule has 0 bridgehead atoms. The number of carbonyl (C=O) groups excluding carboxylic acids is 2. The number of esters is 1. The highest BCUT2D eigenvalue weighted by molar-refractivity contribution is 9.11. The Morgan fingerprint density at radius 2 is 1.89 bits per heavy atom. The fraction of sp³-hybridized carbons (Fsp3) is 0.731. The van der Waals surface area contributed by atoms with Crippen molar-refractivity contribution in [3.05, 3.63) is 20.1 Å². The zero-order valence-electron chi connectivity index (χ0n) is 21.4. The Kier molecular flexibility index (Phi) is 9.35. The first-order chi connectivity index (χ1) is 16.3. The van der Waals surface area contributed by atoms with E-state index in [-0.39, 0.29) is 30.3 Å². The number of fused-ring (bicyclic) bond motifs is 1. The van der Waals surface area contributed by atoms with Gasteiger partial charge < -0.3 is 19.7 Å². The van der Waals surface area contributed by atoms with E-state index in [4.69, 9.17) is 9.47 Å². The summed E-state index contributed by atoms with van der Waals surface area (Å²) in [6.45, 7) is 10.7. The zero-order chi connectivity index (χ0) is 26.1. The summed E-state index contributed by atoms with van der Waals surface area (Å²) in [6, 6.07) is 0. The normalized spacial score (nSPS) is 35.3. The Morgan fingerprint density at radius 1 is 1.20 bits per heavy atom. The molecule has 2 aliphatic heterocycles. The first-order valence-corrected chi connectivity index (χ1v) is 14.0. The van der Waals surface area contributed by atoms with Gasteiger partial charge in [0.15, 0.2) is 0 Å². The van der Waals surface area contributed by atoms with Crippen molar-refractivity contribution in [1.29, 1.82) is 0 Å². The lowest BCUT2D eigenvalue weighted by atomic mass is 9.73. The number of Topliss-reactive ketones (excluding diaryl/α,β-unsaturated/α-hetero) is 1. The van der Waals surface area contributed by atoms with Crippen molar-refractivity contribution in [3.63, 3.8) is 0 Å². The standard InChI is InChI=1S/C26H38BrNO6S/c1-13-8-7-9-18-20(33-18)11-19(14(2)10-17-25(27)35-16(4)28-17)34-22(30)12-21(29)26(5,6)24(32)15(3)23(13)31/h10,13,15,18-21,23,29,31H,7-9,11-12H2,1-6H3. The number of hydrogen-bond donors (Lipinski definition) is 2. The summed E-state index contributed by atoms with van der Waals surface area (Å²) in [7, 11) is 0. The van der Waals surface area contributed by atoms with Crippen molar-refractivity contribution in [1.82, 2.24) is 4.98 Å². The van der Waals surface area contributed by atoms with Crippen molar-refractivity contribution in [2.75, 3.05) is 0 Å². The number of nitrogens with zero attached hydrogens (tertiary/aromatic N) is 1. The third kappa shape index (κ3) is 7.01. The Hall–Kier alpha value is -1.13. The molecular weight excluding hydrogens is 534 g/mol. The molecule has 0 aromatic carbocycles. The van der Waals surface area contributed by atoms with Gasteiger partial charge in [-0.2, -0.15) is 0 Å². The van der Waals surface area contributed by atoms with Crippen LogP contribution >= 0.6 is 27.3 Å². The fourth-order valence-corrected chi connectivity index (χ4v) is 6.34. The lowest BCUT2D eigenvalue weighted by Gasteiger charge is -2.34. The molecule has 7 unspecified atom stereocenters. The molecule has 2 saturated heterocycles. The predicted octanol–water partition coefficient (Wildman–Crippen LogP) is 4.85. The topological polar surface area (TPSA) is 109 Å². The number of hydrogen-bond acceptors (Lipinski definition) is 8. The first-order valence-electron chi connectivity index (χ1n) is 12.4. The largest absolute Gasteiger partial charge is 0.458 e. The smallest absolute Gasteiger partial charge is 0.309 e. The van der Waals surface area contributed by atoms with Gasteiger partial charge in [-0.1, -0.05) is 34.1 Å². The Balaban J connectivity index is 1.84. The highest BCUT2D eigenvalue weighted by Crippen LogP contribution is 2.37. The lowest BCUT2D eigenvalue weighted by Crippen LogP contribution is -2.45. The molecule has 0 saturated carbocycles. The summed E-state index contributed by atoms with van der Waals surface area (Å²) in [5, 5.41) is 22.6. The third-order valence-corrected chi connectivity index (χ3v) is 9.15. The molecule has 3 rings (SSSR count). The van der Waals surface area contributed by atoms with Crippen LogP contribution in [0.15, 0.2) is 9.36 Å². The Labute approximate surface area is 220 Å². The van der Waals surface area contributed by atoms with Crippen LogP contribution in [0.25, 0.3) is 6.08 Å². The van der Waals surface area contributed by atoms with Crippen molar-refractivity contribution in [2.24, 2.45) is 17.3 Å². The highest BCUT2D eigenvalue weighted by atomic mass is 79.9. The number of halogens is 1. The van der Waals surface area contributed by atoms with Crippen LogP contribution in [-0.4, -0.2) is 57.5 Å². The fourth-order valence-electron chi connectivity index (χ4n) is 4.82. The summed E-state index contributed by atoms with van der Waals surface area (Å²) >= 11 is 5.08. The first kappa shape index (κ1) is 28.4. The Bertz CT molecular complexity index is 960. The van der Waals surface area contributed by atoms with Crippen LogP contribution in [0.2, 0.25) is 0 Å². The molecule has 2 fully saturated rings. The maximum atomic E-state index is 13.2. The average Bonchev–Trinajstić information content (AvgIpc) is 3.44. The molecule has 0 amide bonds. The number of aromatic nitrogens is 1. The van der Waals surface area contributed by atoms with Gasteiger partial charge in [0.25, 0.3) is 0 Å². The van der Waals surface area contributed by atoms with Crippen LogP contribution in [0.3, 0.4) is 0 Å². The molecule has 35 heavy (non-hydrogen) atoms. The quantitative estimate of drug-likeness (QED) is 0.385. The molecule has 0 aliphatic carbocycles. The number of epoxide rings is 1. The molecule has 0 spiro atoms. The number of aliphatic hydroxyl groups is 2. The van der Waals surface area contributed by atoms with Crippen LogP contribution in [0.4, 0.5) is 0 Å². The van der Waals surface area contributed by atoms with Gasteiger partial charge in [-0.25, -0.2) is 4.98 Å². The average molecular weight is 573 g/mol. The Morgan fingerprint density at radius 3 is 2.51 bits per heavy atom. The van der Waals surface area contributed by atoms with Gasteiger partial charge in [-0.15, -0.1) is 11.3 Å². The minimum absolute atomic E-state index is 0.00763. The number of rotatable bonds is 2. The van der Waals surface area contributed by atoms with Crippen LogP contribution in [0, 0.1) is 24.2 Å².